The van der Waals surface area contributed by atoms with Crippen LogP contribution >= 0.6 is 23.1 Å². The first-order chi connectivity index (χ1) is 12.4. The van der Waals surface area contributed by atoms with Crippen molar-refractivity contribution >= 4 is 33.3 Å². The molecule has 0 saturated carbocycles. The van der Waals surface area contributed by atoms with Crippen LogP contribution < -0.4 is 5.56 Å². The van der Waals surface area contributed by atoms with E-state index in [2.05, 4.69) is 25.8 Å². The molecule has 0 aliphatic heterocycles. The zero-order valence-electron chi connectivity index (χ0n) is 16.0. The second kappa shape index (κ2) is 7.96. The van der Waals surface area contributed by atoms with Gasteiger partial charge in [-0.1, -0.05) is 39.0 Å². The molecule has 7 heteroatoms. The summed E-state index contributed by atoms with van der Waals surface area (Å²) in [6.07, 6.45) is 3.78. The molecule has 0 aliphatic rings. The molecule has 0 fully saturated rings. The van der Waals surface area contributed by atoms with Gasteiger partial charge < -0.3 is 4.42 Å². The van der Waals surface area contributed by atoms with Crippen molar-refractivity contribution in [1.82, 2.24) is 14.5 Å². The molecule has 26 heavy (non-hydrogen) atoms. The molecule has 0 unspecified atom stereocenters. The average molecular weight is 392 g/mol. The molecule has 0 aliphatic carbocycles. The van der Waals surface area contributed by atoms with E-state index in [1.54, 1.807) is 17.5 Å². The number of hydrogen-bond acceptors (Lipinski definition) is 6. The maximum atomic E-state index is 13.1. The molecule has 0 radical (unpaired) electrons. The number of oxazole rings is 1. The van der Waals surface area contributed by atoms with Gasteiger partial charge in [0.25, 0.3) is 5.56 Å². The maximum absolute atomic E-state index is 13.1. The van der Waals surface area contributed by atoms with Crippen molar-refractivity contribution in [3.8, 4) is 0 Å². The molecule has 3 aromatic heterocycles. The highest BCUT2D eigenvalue weighted by atomic mass is 32.2. The Labute approximate surface area is 161 Å². The average Bonchev–Trinajstić information content (AvgIpc) is 3.18. The summed E-state index contributed by atoms with van der Waals surface area (Å²) in [7, 11) is 0. The largest absolute Gasteiger partial charge is 0.445 e. The number of rotatable bonds is 7. The standard InChI is InChI=1S/C19H25N3O2S2/c1-6-7-8-22-18(23)16-12(4)13(5)26-17(16)21-19(22)25-10-15-20-9-14(24-15)11(2)3/h9,11H,6-8,10H2,1-5H3. The molecule has 0 bridgehead atoms. The van der Waals surface area contributed by atoms with Gasteiger partial charge in [-0.15, -0.1) is 11.3 Å². The van der Waals surface area contributed by atoms with Crippen molar-refractivity contribution in [3.05, 3.63) is 38.6 Å². The van der Waals surface area contributed by atoms with Crippen LogP contribution in [-0.4, -0.2) is 14.5 Å². The first-order valence-electron chi connectivity index (χ1n) is 9.00. The van der Waals surface area contributed by atoms with E-state index in [0.717, 1.165) is 44.4 Å². The minimum absolute atomic E-state index is 0.0723. The lowest BCUT2D eigenvalue weighted by Crippen LogP contribution is -2.23. The van der Waals surface area contributed by atoms with E-state index < -0.39 is 0 Å². The summed E-state index contributed by atoms with van der Waals surface area (Å²) in [4.78, 5) is 24.2. The Bertz CT molecular complexity index is 969. The Morgan fingerprint density at radius 2 is 2.12 bits per heavy atom. The number of nitrogens with zero attached hydrogens (tertiary/aromatic N) is 3. The van der Waals surface area contributed by atoms with Gasteiger partial charge in [0, 0.05) is 17.3 Å². The summed E-state index contributed by atoms with van der Waals surface area (Å²) in [5.41, 5.74) is 1.13. The number of thioether (sulfide) groups is 1. The highest BCUT2D eigenvalue weighted by Crippen LogP contribution is 2.29. The van der Waals surface area contributed by atoms with Crippen molar-refractivity contribution in [2.45, 2.75) is 70.8 Å². The van der Waals surface area contributed by atoms with E-state index in [1.807, 2.05) is 18.4 Å². The molecule has 0 amide bonds. The topological polar surface area (TPSA) is 60.9 Å². The lowest BCUT2D eigenvalue weighted by Gasteiger charge is -2.11. The molecule has 0 atom stereocenters. The van der Waals surface area contributed by atoms with Crippen LogP contribution in [0, 0.1) is 13.8 Å². The third-order valence-corrected chi connectivity index (χ3v) is 6.52. The third kappa shape index (κ3) is 3.74. The van der Waals surface area contributed by atoms with Gasteiger partial charge in [-0.25, -0.2) is 9.97 Å². The molecule has 0 aromatic carbocycles. The second-order valence-electron chi connectivity index (χ2n) is 6.77. The number of aryl methyl sites for hydroxylation is 2. The molecule has 3 aromatic rings. The predicted molar refractivity (Wildman–Crippen MR) is 108 cm³/mol. The van der Waals surface area contributed by atoms with Gasteiger partial charge in [0.1, 0.15) is 10.6 Å². The lowest BCUT2D eigenvalue weighted by molar-refractivity contribution is 0.453. The quantitative estimate of drug-likeness (QED) is 0.405. The van der Waals surface area contributed by atoms with Crippen LogP contribution in [0.4, 0.5) is 0 Å². The fraction of sp³-hybridized carbons (Fsp3) is 0.526. The van der Waals surface area contributed by atoms with Gasteiger partial charge in [0.2, 0.25) is 5.89 Å². The van der Waals surface area contributed by atoms with Crippen LogP contribution in [0.5, 0.6) is 0 Å². The molecular weight excluding hydrogens is 366 g/mol. The molecule has 0 N–H and O–H groups in total. The number of aromatic nitrogens is 3. The SMILES string of the molecule is CCCCn1c(SCc2ncc(C(C)C)o2)nc2sc(C)c(C)c2c1=O. The van der Waals surface area contributed by atoms with Gasteiger partial charge in [0.15, 0.2) is 5.16 Å². The monoisotopic (exact) mass is 391 g/mol. The van der Waals surface area contributed by atoms with E-state index in [1.165, 1.54) is 11.8 Å². The molecule has 3 rings (SSSR count). The number of thiophene rings is 1. The minimum Gasteiger partial charge on any atom is -0.445 e. The summed E-state index contributed by atoms with van der Waals surface area (Å²) in [6.45, 7) is 11.0. The third-order valence-electron chi connectivity index (χ3n) is 4.45. The maximum Gasteiger partial charge on any atom is 0.263 e. The molecule has 5 nitrogen and oxygen atoms in total. The Kier molecular flexibility index (Phi) is 5.87. The Balaban J connectivity index is 1.95. The highest BCUT2D eigenvalue weighted by molar-refractivity contribution is 7.98. The van der Waals surface area contributed by atoms with Crippen molar-refractivity contribution in [3.63, 3.8) is 0 Å². The van der Waals surface area contributed by atoms with E-state index in [4.69, 9.17) is 9.40 Å². The van der Waals surface area contributed by atoms with E-state index >= 15 is 0 Å². The first kappa shape index (κ1) is 19.2. The van der Waals surface area contributed by atoms with Crippen LogP contribution in [0.25, 0.3) is 10.2 Å². The van der Waals surface area contributed by atoms with Gasteiger partial charge in [-0.3, -0.25) is 9.36 Å². The summed E-state index contributed by atoms with van der Waals surface area (Å²) in [5.74, 6) is 2.45. The van der Waals surface area contributed by atoms with Crippen molar-refractivity contribution in [2.24, 2.45) is 0 Å². The summed E-state index contributed by atoms with van der Waals surface area (Å²) in [6, 6.07) is 0. The summed E-state index contributed by atoms with van der Waals surface area (Å²) < 4.78 is 7.61. The Morgan fingerprint density at radius 3 is 2.77 bits per heavy atom. The molecule has 140 valence electrons. The number of unbranched alkanes of at least 4 members (excludes halogenated alkanes) is 1. The highest BCUT2D eigenvalue weighted by Gasteiger charge is 2.17. The van der Waals surface area contributed by atoms with Gasteiger partial charge in [-0.05, 0) is 25.8 Å². The van der Waals surface area contributed by atoms with Gasteiger partial charge >= 0.3 is 0 Å². The van der Waals surface area contributed by atoms with E-state index in [-0.39, 0.29) is 5.56 Å². The van der Waals surface area contributed by atoms with Crippen molar-refractivity contribution < 1.29 is 4.42 Å². The Morgan fingerprint density at radius 1 is 1.35 bits per heavy atom. The molecule has 0 spiro atoms. The number of hydrogen-bond donors (Lipinski definition) is 0. The van der Waals surface area contributed by atoms with Crippen LogP contribution in [0.3, 0.4) is 0 Å². The minimum atomic E-state index is 0.0723. The fourth-order valence-electron chi connectivity index (χ4n) is 2.72. The summed E-state index contributed by atoms with van der Waals surface area (Å²) in [5, 5.41) is 1.52. The van der Waals surface area contributed by atoms with Gasteiger partial charge in [-0.2, -0.15) is 0 Å². The Hall–Kier alpha value is -1.60. The van der Waals surface area contributed by atoms with Gasteiger partial charge in [0.05, 0.1) is 17.3 Å². The van der Waals surface area contributed by atoms with Crippen LogP contribution in [-0.2, 0) is 12.3 Å². The molecule has 0 saturated heterocycles. The zero-order chi connectivity index (χ0) is 18.8. The fourth-order valence-corrected chi connectivity index (χ4v) is 4.67. The lowest BCUT2D eigenvalue weighted by atomic mass is 10.2. The zero-order valence-corrected chi connectivity index (χ0v) is 17.6. The van der Waals surface area contributed by atoms with E-state index in [0.29, 0.717) is 24.1 Å². The molecule has 3 heterocycles. The van der Waals surface area contributed by atoms with Crippen molar-refractivity contribution in [1.29, 1.82) is 0 Å². The second-order valence-corrected chi connectivity index (χ2v) is 8.91. The summed E-state index contributed by atoms with van der Waals surface area (Å²) >= 11 is 3.11. The first-order valence-corrected chi connectivity index (χ1v) is 10.8. The smallest absolute Gasteiger partial charge is 0.263 e. The normalized spacial score (nSPS) is 11.8. The van der Waals surface area contributed by atoms with E-state index in [9.17, 15) is 4.79 Å². The number of fused-ring (bicyclic) bond motifs is 1. The van der Waals surface area contributed by atoms with Crippen molar-refractivity contribution in [2.75, 3.05) is 0 Å². The van der Waals surface area contributed by atoms with Crippen LogP contribution in [0.15, 0.2) is 20.6 Å². The van der Waals surface area contributed by atoms with Crippen LogP contribution in [0.2, 0.25) is 0 Å². The van der Waals surface area contributed by atoms with Crippen LogP contribution in [0.1, 0.15) is 61.6 Å². The molecular formula is C19H25N3O2S2. The predicted octanol–water partition coefficient (Wildman–Crippen LogP) is 5.28.